The predicted molar refractivity (Wildman–Crippen MR) is 42.3 cm³/mol. The first-order valence-electron chi connectivity index (χ1n) is 3.65. The molecule has 0 bridgehead atoms. The molecule has 0 aliphatic heterocycles. The summed E-state index contributed by atoms with van der Waals surface area (Å²) in [5.41, 5.74) is 0. The van der Waals surface area contributed by atoms with Gasteiger partial charge >= 0.3 is 6.54 Å². The molecule has 3 heteroatoms. The summed E-state index contributed by atoms with van der Waals surface area (Å²) in [5, 5.41) is 8.13. The highest BCUT2D eigenvalue weighted by Gasteiger charge is 2.05. The lowest BCUT2D eigenvalue weighted by Crippen LogP contribution is -2.24. The van der Waals surface area contributed by atoms with Crippen LogP contribution >= 0.6 is 0 Å². The van der Waals surface area contributed by atoms with E-state index in [0.717, 1.165) is 12.8 Å². The molecule has 0 spiro atoms. The molecule has 0 amide bonds. The number of hydrogen-bond acceptors (Lipinski definition) is 2. The van der Waals surface area contributed by atoms with E-state index in [1.807, 2.05) is 0 Å². The van der Waals surface area contributed by atoms with Gasteiger partial charge in [-0.05, 0) is 27.4 Å². The molecular formula is C7H16N3+. The van der Waals surface area contributed by atoms with Crippen molar-refractivity contribution in [2.75, 3.05) is 20.6 Å². The Balaban J connectivity index is 3.23. The number of diazo groups is 1. The summed E-state index contributed by atoms with van der Waals surface area (Å²) in [7, 11) is 4.11. The van der Waals surface area contributed by atoms with E-state index in [-0.39, 0.29) is 0 Å². The van der Waals surface area contributed by atoms with Crippen LogP contribution in [0.4, 0.5) is 0 Å². The molecule has 0 fully saturated rings. The molecular weight excluding hydrogens is 126 g/mol. The Morgan fingerprint density at radius 3 is 2.50 bits per heavy atom. The first kappa shape index (κ1) is 9.38. The second-order valence-corrected chi connectivity index (χ2v) is 2.82. The Morgan fingerprint density at radius 1 is 1.50 bits per heavy atom. The van der Waals surface area contributed by atoms with Gasteiger partial charge in [-0.1, -0.05) is 0 Å². The van der Waals surface area contributed by atoms with Crippen LogP contribution in [0.5, 0.6) is 0 Å². The van der Waals surface area contributed by atoms with Crippen LogP contribution in [0, 0.1) is 5.39 Å². The molecule has 0 saturated heterocycles. The Labute approximate surface area is 62.6 Å². The van der Waals surface area contributed by atoms with Crippen molar-refractivity contribution in [1.82, 2.24) is 4.90 Å². The highest BCUT2D eigenvalue weighted by Crippen LogP contribution is 2.01. The Hall–Kier alpha value is -0.620. The van der Waals surface area contributed by atoms with Crippen LogP contribution < -0.4 is 0 Å². The highest BCUT2D eigenvalue weighted by molar-refractivity contribution is 4.62. The molecule has 3 nitrogen and oxygen atoms in total. The van der Waals surface area contributed by atoms with E-state index in [1.165, 1.54) is 0 Å². The predicted octanol–water partition coefficient (Wildman–Crippen LogP) is 1.57. The maximum Gasteiger partial charge on any atom is 0.305 e. The fraction of sp³-hybridized carbons (Fsp3) is 1.00. The summed E-state index contributed by atoms with van der Waals surface area (Å²) in [6.45, 7) is 2.73. The van der Waals surface area contributed by atoms with E-state index in [1.54, 1.807) is 0 Å². The Bertz CT molecular complexity index is 115. The third kappa shape index (κ3) is 4.28. The minimum Gasteiger partial charge on any atom is -0.307 e. The third-order valence-corrected chi connectivity index (χ3v) is 1.76. The number of hydrogen-bond donors (Lipinski definition) is 0. The molecule has 0 rings (SSSR count). The maximum absolute atomic E-state index is 8.13. The number of nitrogens with zero attached hydrogens (tertiary/aromatic N) is 3. The van der Waals surface area contributed by atoms with Gasteiger partial charge in [0.15, 0.2) is 0 Å². The van der Waals surface area contributed by atoms with E-state index in [2.05, 4.69) is 30.9 Å². The van der Waals surface area contributed by atoms with Crippen LogP contribution in [-0.4, -0.2) is 31.6 Å². The van der Waals surface area contributed by atoms with Crippen molar-refractivity contribution in [2.24, 2.45) is 0 Å². The zero-order valence-corrected chi connectivity index (χ0v) is 7.04. The topological polar surface area (TPSA) is 31.4 Å². The summed E-state index contributed by atoms with van der Waals surface area (Å²) in [6, 6.07) is 0.585. The van der Waals surface area contributed by atoms with Gasteiger partial charge < -0.3 is 4.90 Å². The van der Waals surface area contributed by atoms with Crippen LogP contribution in [0.1, 0.15) is 19.8 Å². The molecule has 0 saturated carbocycles. The fourth-order valence-corrected chi connectivity index (χ4v) is 0.716. The van der Waals surface area contributed by atoms with E-state index < -0.39 is 0 Å². The standard InChI is InChI=1S/C7H16N3/c1-7(10(2)3)5-4-6-9-8/h7H,4-6H2,1-3H3/q+1. The quantitative estimate of drug-likeness (QED) is 0.440. The molecule has 0 heterocycles. The Morgan fingerprint density at radius 2 is 2.10 bits per heavy atom. The molecule has 58 valence electrons. The zero-order valence-electron chi connectivity index (χ0n) is 7.04. The van der Waals surface area contributed by atoms with Crippen molar-refractivity contribution in [3.8, 4) is 0 Å². The van der Waals surface area contributed by atoms with Gasteiger partial charge in [0.1, 0.15) is 4.98 Å². The van der Waals surface area contributed by atoms with Gasteiger partial charge in [0.2, 0.25) is 5.39 Å². The molecule has 0 aromatic carbocycles. The zero-order chi connectivity index (χ0) is 7.98. The van der Waals surface area contributed by atoms with Crippen molar-refractivity contribution >= 4 is 0 Å². The van der Waals surface area contributed by atoms with Crippen molar-refractivity contribution in [2.45, 2.75) is 25.8 Å². The Kier molecular flexibility index (Phi) is 4.87. The third-order valence-electron chi connectivity index (χ3n) is 1.76. The van der Waals surface area contributed by atoms with Crippen LogP contribution in [0.25, 0.3) is 4.98 Å². The largest absolute Gasteiger partial charge is 0.307 e. The van der Waals surface area contributed by atoms with Crippen molar-refractivity contribution in [1.29, 1.82) is 5.39 Å². The maximum atomic E-state index is 8.13. The van der Waals surface area contributed by atoms with Gasteiger partial charge in [0.25, 0.3) is 0 Å². The second-order valence-electron chi connectivity index (χ2n) is 2.82. The smallest absolute Gasteiger partial charge is 0.305 e. The first-order valence-corrected chi connectivity index (χ1v) is 3.65. The first-order chi connectivity index (χ1) is 4.68. The molecule has 1 unspecified atom stereocenters. The van der Waals surface area contributed by atoms with Gasteiger partial charge in [0, 0.05) is 12.5 Å². The van der Waals surface area contributed by atoms with E-state index in [9.17, 15) is 0 Å². The molecule has 0 aromatic rings. The highest BCUT2D eigenvalue weighted by atomic mass is 15.1. The minimum absolute atomic E-state index is 0.568. The average molecular weight is 142 g/mol. The monoisotopic (exact) mass is 142 g/mol. The molecule has 0 aromatic heterocycles. The molecule has 10 heavy (non-hydrogen) atoms. The van der Waals surface area contributed by atoms with Crippen LogP contribution in [0.2, 0.25) is 0 Å². The van der Waals surface area contributed by atoms with Gasteiger partial charge in [0.05, 0.1) is 0 Å². The normalized spacial score (nSPS) is 13.1. The molecule has 0 aliphatic carbocycles. The van der Waals surface area contributed by atoms with E-state index >= 15 is 0 Å². The van der Waals surface area contributed by atoms with Gasteiger partial charge in [-0.25, -0.2) is 0 Å². The lowest BCUT2D eigenvalue weighted by molar-refractivity contribution is 0.296. The van der Waals surface area contributed by atoms with Crippen LogP contribution in [0.15, 0.2) is 0 Å². The van der Waals surface area contributed by atoms with Gasteiger partial charge in [-0.15, -0.1) is 0 Å². The second kappa shape index (κ2) is 5.19. The minimum atomic E-state index is 0.568. The number of rotatable bonds is 4. The summed E-state index contributed by atoms with van der Waals surface area (Å²) in [6.07, 6.45) is 2.06. The van der Waals surface area contributed by atoms with E-state index in [0.29, 0.717) is 12.6 Å². The lowest BCUT2D eigenvalue weighted by Gasteiger charge is -2.17. The van der Waals surface area contributed by atoms with Crippen LogP contribution in [0.3, 0.4) is 0 Å². The van der Waals surface area contributed by atoms with Gasteiger partial charge in [-0.2, -0.15) is 0 Å². The van der Waals surface area contributed by atoms with Crippen molar-refractivity contribution < 1.29 is 0 Å². The summed E-state index contributed by atoms with van der Waals surface area (Å²) < 4.78 is 0. The fourth-order valence-electron chi connectivity index (χ4n) is 0.716. The molecule has 0 aliphatic rings. The van der Waals surface area contributed by atoms with Crippen LogP contribution in [-0.2, 0) is 0 Å². The van der Waals surface area contributed by atoms with Crippen molar-refractivity contribution in [3.05, 3.63) is 4.98 Å². The lowest BCUT2D eigenvalue weighted by atomic mass is 10.2. The van der Waals surface area contributed by atoms with Gasteiger partial charge in [-0.3, -0.25) is 0 Å². The molecule has 1 atom stereocenters. The van der Waals surface area contributed by atoms with E-state index in [4.69, 9.17) is 5.39 Å². The summed E-state index contributed by atoms with van der Waals surface area (Å²) >= 11 is 0. The SMILES string of the molecule is CC(CCC[N+]#N)N(C)C. The average Bonchev–Trinajstić information content (AvgIpc) is 1.88. The molecule has 0 radical (unpaired) electrons. The molecule has 0 N–H and O–H groups in total. The summed E-state index contributed by atoms with van der Waals surface area (Å²) in [4.78, 5) is 5.21. The van der Waals surface area contributed by atoms with Crippen molar-refractivity contribution in [3.63, 3.8) is 0 Å². The summed E-state index contributed by atoms with van der Waals surface area (Å²) in [5.74, 6) is 0.